The van der Waals surface area contributed by atoms with E-state index in [4.69, 9.17) is 4.74 Å². The van der Waals surface area contributed by atoms with Gasteiger partial charge >= 0.3 is 10.2 Å². The Morgan fingerprint density at radius 1 is 0.957 bits per heavy atom. The molecule has 3 amide bonds. The van der Waals surface area contributed by atoms with Crippen LogP contribution in [0, 0.1) is 5.41 Å². The number of amides is 3. The molecule has 2 aliphatic heterocycles. The van der Waals surface area contributed by atoms with E-state index in [0.717, 1.165) is 63.5 Å². The molecule has 2 aliphatic carbocycles. The number of nitrogens with zero attached hydrogens (tertiary/aromatic N) is 4. The second kappa shape index (κ2) is 11.7. The predicted octanol–water partition coefficient (Wildman–Crippen LogP) is 4.08. The molecule has 1 saturated heterocycles. The number of methoxy groups -OCH3 is 1. The molecule has 3 heterocycles. The number of piperazine rings is 1. The zero-order valence-corrected chi connectivity index (χ0v) is 28.4. The minimum atomic E-state index is -3.99. The summed E-state index contributed by atoms with van der Waals surface area (Å²) in [5, 5.41) is 1.04. The van der Waals surface area contributed by atoms with Crippen molar-refractivity contribution < 1.29 is 27.5 Å². The van der Waals surface area contributed by atoms with E-state index in [1.54, 1.807) is 31.1 Å². The summed E-state index contributed by atoms with van der Waals surface area (Å²) >= 11 is 0. The van der Waals surface area contributed by atoms with Crippen molar-refractivity contribution in [2.45, 2.75) is 63.8 Å². The number of aromatic nitrogens is 1. The largest absolute Gasteiger partial charge is 0.497 e. The Kier molecular flexibility index (Phi) is 7.86. The zero-order chi connectivity index (χ0) is 33.2. The number of rotatable bonds is 6. The molecule has 1 aromatic heterocycles. The lowest BCUT2D eigenvalue weighted by molar-refractivity contribution is -0.143. The molecule has 1 N–H and O–H groups in total. The molecule has 3 aromatic rings. The van der Waals surface area contributed by atoms with E-state index >= 15 is 0 Å². The minimum Gasteiger partial charge on any atom is -0.497 e. The summed E-state index contributed by atoms with van der Waals surface area (Å²) < 4.78 is 36.2. The lowest BCUT2D eigenvalue weighted by Crippen LogP contribution is -2.52. The molecule has 7 rings (SSSR count). The lowest BCUT2D eigenvalue weighted by atomic mass is 9.81. The van der Waals surface area contributed by atoms with Crippen LogP contribution in [0.4, 0.5) is 0 Å². The van der Waals surface area contributed by atoms with Crippen molar-refractivity contribution in [3.63, 3.8) is 0 Å². The van der Waals surface area contributed by atoms with Gasteiger partial charge in [-0.1, -0.05) is 25.3 Å². The quantitative estimate of drug-likeness (QED) is 0.425. The van der Waals surface area contributed by atoms with Crippen LogP contribution in [0.25, 0.3) is 22.2 Å². The molecule has 0 bridgehead atoms. The van der Waals surface area contributed by atoms with Gasteiger partial charge in [-0.05, 0) is 66.6 Å². The number of hydrogen-bond donors (Lipinski definition) is 1. The first-order valence-electron chi connectivity index (χ1n) is 16.6. The van der Waals surface area contributed by atoms with Gasteiger partial charge in [-0.2, -0.15) is 12.7 Å². The standard InChI is InChI=1S/C35H43N5O6S/c1-22(41)38-14-16-39(17-15-38)34(43)35-20-29(35)28-19-25(46-4)11-13-26(28)32-31(23-8-6-5-7-9-23)27-12-10-24(18-30(27)40(32)21-35)33(42)36-47(44,45)37(2)3/h10-13,18-19,23,29H,5-9,14-17,20-21H2,1-4H3,(H,36,42). The summed E-state index contributed by atoms with van der Waals surface area (Å²) in [7, 11) is 0.418. The average Bonchev–Trinajstić information content (AvgIpc) is 3.74. The van der Waals surface area contributed by atoms with E-state index in [9.17, 15) is 22.8 Å². The third kappa shape index (κ3) is 5.29. The van der Waals surface area contributed by atoms with Crippen LogP contribution in [-0.4, -0.2) is 92.2 Å². The monoisotopic (exact) mass is 661 g/mol. The van der Waals surface area contributed by atoms with Crippen molar-refractivity contribution in [3.8, 4) is 17.0 Å². The summed E-state index contributed by atoms with van der Waals surface area (Å²) in [5.74, 6) is 0.486. The Bertz CT molecular complexity index is 1890. The van der Waals surface area contributed by atoms with Crippen LogP contribution in [0.5, 0.6) is 5.75 Å². The van der Waals surface area contributed by atoms with Crippen LogP contribution in [0.1, 0.15) is 78.8 Å². The molecular weight excluding hydrogens is 618 g/mol. The topological polar surface area (TPSA) is 121 Å². The van der Waals surface area contributed by atoms with E-state index in [2.05, 4.69) is 21.4 Å². The van der Waals surface area contributed by atoms with Crippen LogP contribution in [0.15, 0.2) is 36.4 Å². The van der Waals surface area contributed by atoms with Crippen molar-refractivity contribution in [3.05, 3.63) is 53.1 Å². The molecule has 2 saturated carbocycles. The molecule has 0 spiro atoms. The molecule has 0 radical (unpaired) electrons. The molecule has 11 nitrogen and oxygen atoms in total. The molecule has 2 unspecified atom stereocenters. The Morgan fingerprint density at radius 3 is 2.32 bits per heavy atom. The molecule has 2 atom stereocenters. The van der Waals surface area contributed by atoms with Gasteiger partial charge < -0.3 is 19.1 Å². The second-order valence-corrected chi connectivity index (χ2v) is 15.7. The third-order valence-electron chi connectivity index (χ3n) is 10.9. The zero-order valence-electron chi connectivity index (χ0n) is 27.5. The summed E-state index contributed by atoms with van der Waals surface area (Å²) in [6.45, 7) is 4.04. The van der Waals surface area contributed by atoms with Gasteiger partial charge in [0.25, 0.3) is 5.91 Å². The first-order valence-corrected chi connectivity index (χ1v) is 18.0. The van der Waals surface area contributed by atoms with Gasteiger partial charge in [0.05, 0.1) is 18.2 Å². The summed E-state index contributed by atoms with van der Waals surface area (Å²) in [4.78, 5) is 43.6. The fourth-order valence-corrected chi connectivity index (χ4v) is 8.76. The van der Waals surface area contributed by atoms with Gasteiger partial charge in [-0.25, -0.2) is 4.72 Å². The highest BCUT2D eigenvalue weighted by Crippen LogP contribution is 2.66. The Hall–Kier alpha value is -3.90. The van der Waals surface area contributed by atoms with Gasteiger partial charge in [-0.3, -0.25) is 14.4 Å². The normalized spacial score (nSPS) is 22.7. The van der Waals surface area contributed by atoms with Crippen LogP contribution in [0.2, 0.25) is 0 Å². The van der Waals surface area contributed by atoms with E-state index in [0.29, 0.717) is 45.1 Å². The minimum absolute atomic E-state index is 0.00296. The Balaban J connectivity index is 1.40. The van der Waals surface area contributed by atoms with Crippen LogP contribution >= 0.6 is 0 Å². The number of ether oxygens (including phenoxy) is 1. The van der Waals surface area contributed by atoms with Gasteiger partial charge in [0.1, 0.15) is 5.75 Å². The van der Waals surface area contributed by atoms with Crippen LogP contribution < -0.4 is 9.46 Å². The number of benzene rings is 2. The van der Waals surface area contributed by atoms with E-state index in [1.807, 2.05) is 17.0 Å². The molecule has 47 heavy (non-hydrogen) atoms. The van der Waals surface area contributed by atoms with Crippen molar-refractivity contribution in [1.29, 1.82) is 0 Å². The van der Waals surface area contributed by atoms with Crippen molar-refractivity contribution in [1.82, 2.24) is 23.4 Å². The first-order chi connectivity index (χ1) is 22.4. The lowest BCUT2D eigenvalue weighted by Gasteiger charge is -2.36. The van der Waals surface area contributed by atoms with Gasteiger partial charge in [0.15, 0.2) is 0 Å². The molecule has 250 valence electrons. The maximum absolute atomic E-state index is 14.6. The second-order valence-electron chi connectivity index (χ2n) is 13.8. The highest BCUT2D eigenvalue weighted by Gasteiger charge is 2.64. The van der Waals surface area contributed by atoms with E-state index in [-0.39, 0.29) is 23.3 Å². The van der Waals surface area contributed by atoms with Crippen molar-refractivity contribution in [2.75, 3.05) is 47.4 Å². The Morgan fingerprint density at radius 2 is 1.66 bits per heavy atom. The summed E-state index contributed by atoms with van der Waals surface area (Å²) in [6.07, 6.45) is 6.32. The Labute approximate surface area is 276 Å². The number of nitrogens with one attached hydrogen (secondary N) is 1. The predicted molar refractivity (Wildman–Crippen MR) is 178 cm³/mol. The molecule has 2 aromatic carbocycles. The number of carbonyl (C=O) groups is 3. The fraction of sp³-hybridized carbons (Fsp3) is 0.514. The number of fused-ring (bicyclic) bond motifs is 7. The first kappa shape index (κ1) is 31.7. The maximum atomic E-state index is 14.6. The van der Waals surface area contributed by atoms with Gasteiger partial charge in [0.2, 0.25) is 11.8 Å². The fourth-order valence-electron chi connectivity index (χ4n) is 8.23. The highest BCUT2D eigenvalue weighted by molar-refractivity contribution is 7.87. The summed E-state index contributed by atoms with van der Waals surface area (Å²) in [6, 6.07) is 11.6. The highest BCUT2D eigenvalue weighted by atomic mass is 32.2. The van der Waals surface area contributed by atoms with Gasteiger partial charge in [-0.15, -0.1) is 0 Å². The average molecular weight is 662 g/mol. The van der Waals surface area contributed by atoms with Gasteiger partial charge in [0, 0.05) is 81.7 Å². The molecule has 3 fully saturated rings. The summed E-state index contributed by atoms with van der Waals surface area (Å²) in [5.41, 5.74) is 4.91. The van der Waals surface area contributed by atoms with E-state index < -0.39 is 21.5 Å². The van der Waals surface area contributed by atoms with Crippen molar-refractivity contribution in [2.24, 2.45) is 5.41 Å². The number of hydrogen-bond acceptors (Lipinski definition) is 6. The van der Waals surface area contributed by atoms with Crippen LogP contribution in [0.3, 0.4) is 0 Å². The van der Waals surface area contributed by atoms with Crippen molar-refractivity contribution >= 4 is 38.8 Å². The third-order valence-corrected chi connectivity index (χ3v) is 12.3. The maximum Gasteiger partial charge on any atom is 0.303 e. The smallest absolute Gasteiger partial charge is 0.303 e. The molecule has 12 heteroatoms. The van der Waals surface area contributed by atoms with Crippen LogP contribution in [-0.2, 0) is 26.3 Å². The molecule has 4 aliphatic rings. The molecular formula is C35H43N5O6S. The number of carbonyl (C=O) groups excluding carboxylic acids is 3. The SMILES string of the molecule is COc1ccc2c(c1)C1CC1(C(=O)N1CCN(C(C)=O)CC1)Cn1c-2c(C2CCCCC2)c2ccc(C(=O)NS(=O)(=O)N(C)C)cc21. The van der Waals surface area contributed by atoms with E-state index in [1.165, 1.54) is 26.1 Å².